The van der Waals surface area contributed by atoms with Gasteiger partial charge < -0.3 is 9.47 Å². The average Bonchev–Trinajstić information content (AvgIpc) is 3.07. The maximum atomic E-state index is 12.5. The van der Waals surface area contributed by atoms with Gasteiger partial charge in [-0.2, -0.15) is 0 Å². The van der Waals surface area contributed by atoms with Gasteiger partial charge in [0.2, 0.25) is 0 Å². The van der Waals surface area contributed by atoms with E-state index in [1.165, 1.54) is 35.6 Å². The number of carbonyl (C=O) groups excluding carboxylic acids is 1. The van der Waals surface area contributed by atoms with E-state index < -0.39 is 0 Å². The summed E-state index contributed by atoms with van der Waals surface area (Å²) in [5.41, 5.74) is 1.51. The molecule has 0 spiro atoms. The molecule has 0 radical (unpaired) electrons. The quantitative estimate of drug-likeness (QED) is 0.277. The topological polar surface area (TPSA) is 35.5 Å². The molecule has 0 aliphatic heterocycles. The first-order valence-electron chi connectivity index (χ1n) is 14.9. The molecule has 0 bridgehead atoms. The molecule has 2 aliphatic carbocycles. The first kappa shape index (κ1) is 28.0. The van der Waals surface area contributed by atoms with Crippen LogP contribution in [0.1, 0.15) is 105 Å². The summed E-state index contributed by atoms with van der Waals surface area (Å²) >= 11 is 0. The van der Waals surface area contributed by atoms with Crippen LogP contribution in [0.15, 0.2) is 36.4 Å². The molecular formula is C34H50O3. The Morgan fingerprint density at radius 3 is 2.38 bits per heavy atom. The molecule has 3 atom stereocenters. The third-order valence-corrected chi connectivity index (χ3v) is 9.58. The predicted octanol–water partition coefficient (Wildman–Crippen LogP) is 9.15. The van der Waals surface area contributed by atoms with Crippen LogP contribution in [-0.2, 0) is 16.0 Å². The molecule has 2 aromatic carbocycles. The van der Waals surface area contributed by atoms with Crippen LogP contribution in [0, 0.1) is 28.6 Å². The first-order chi connectivity index (χ1) is 17.6. The Bertz CT molecular complexity index is 1040. The van der Waals surface area contributed by atoms with E-state index in [4.69, 9.17) is 9.47 Å². The summed E-state index contributed by atoms with van der Waals surface area (Å²) in [6.45, 7) is 14.0. The molecule has 3 heteroatoms. The molecule has 0 amide bonds. The minimum Gasteiger partial charge on any atom is -0.490 e. The van der Waals surface area contributed by atoms with Crippen LogP contribution in [0.25, 0.3) is 10.8 Å². The zero-order valence-corrected chi connectivity index (χ0v) is 24.3. The third-order valence-electron chi connectivity index (χ3n) is 9.58. The van der Waals surface area contributed by atoms with Gasteiger partial charge in [0.1, 0.15) is 5.75 Å². The lowest BCUT2D eigenvalue weighted by Crippen LogP contribution is -2.30. The van der Waals surface area contributed by atoms with E-state index in [1.54, 1.807) is 0 Å². The number of ether oxygens (including phenoxy) is 2. The maximum absolute atomic E-state index is 12.5. The monoisotopic (exact) mass is 506 g/mol. The van der Waals surface area contributed by atoms with Crippen LogP contribution < -0.4 is 4.74 Å². The van der Waals surface area contributed by atoms with Crippen molar-refractivity contribution in [2.75, 3.05) is 6.61 Å². The van der Waals surface area contributed by atoms with Crippen molar-refractivity contribution >= 4 is 16.7 Å². The van der Waals surface area contributed by atoms with Gasteiger partial charge in [-0.25, -0.2) is 0 Å². The van der Waals surface area contributed by atoms with Gasteiger partial charge in [-0.05, 0) is 117 Å². The predicted molar refractivity (Wildman–Crippen MR) is 154 cm³/mol. The molecule has 3 nitrogen and oxygen atoms in total. The molecule has 0 aromatic heterocycles. The largest absolute Gasteiger partial charge is 0.490 e. The van der Waals surface area contributed by atoms with Gasteiger partial charge in [0.25, 0.3) is 0 Å². The summed E-state index contributed by atoms with van der Waals surface area (Å²) in [7, 11) is 0. The van der Waals surface area contributed by atoms with Crippen LogP contribution in [0.3, 0.4) is 0 Å². The summed E-state index contributed by atoms with van der Waals surface area (Å²) in [6, 6.07) is 13.6. The van der Waals surface area contributed by atoms with E-state index in [-0.39, 0.29) is 11.4 Å². The molecule has 0 saturated heterocycles. The van der Waals surface area contributed by atoms with Crippen molar-refractivity contribution in [2.24, 2.45) is 28.6 Å². The van der Waals surface area contributed by atoms with E-state index in [2.05, 4.69) is 71.0 Å². The number of hydrogen-bond acceptors (Lipinski definition) is 3. The molecule has 37 heavy (non-hydrogen) atoms. The minimum absolute atomic E-state index is 0.00114. The van der Waals surface area contributed by atoms with Crippen molar-refractivity contribution in [3.8, 4) is 5.75 Å². The molecule has 2 saturated carbocycles. The van der Waals surface area contributed by atoms with Crippen LogP contribution >= 0.6 is 0 Å². The Balaban J connectivity index is 1.33. The molecule has 0 heterocycles. The SMILES string of the molecule is CCOC(=O)C1(C)CCCC(C(C)Cc2ccc3cc(OC4CCC(C(C)(C)C)CC4)ccc3c2)CC1. The van der Waals surface area contributed by atoms with E-state index in [1.807, 2.05) is 6.92 Å². The van der Waals surface area contributed by atoms with Crippen molar-refractivity contribution in [3.63, 3.8) is 0 Å². The van der Waals surface area contributed by atoms with E-state index in [0.717, 1.165) is 56.6 Å². The fraction of sp³-hybridized carbons (Fsp3) is 0.676. The zero-order valence-electron chi connectivity index (χ0n) is 24.3. The van der Waals surface area contributed by atoms with E-state index >= 15 is 0 Å². The Morgan fingerprint density at radius 1 is 0.973 bits per heavy atom. The highest BCUT2D eigenvalue weighted by molar-refractivity contribution is 5.84. The maximum Gasteiger partial charge on any atom is 0.311 e. The van der Waals surface area contributed by atoms with Gasteiger partial charge in [-0.15, -0.1) is 0 Å². The van der Waals surface area contributed by atoms with E-state index in [0.29, 0.717) is 30.0 Å². The summed E-state index contributed by atoms with van der Waals surface area (Å²) in [6.07, 6.45) is 11.6. The Morgan fingerprint density at radius 2 is 1.68 bits per heavy atom. The second-order valence-electron chi connectivity index (χ2n) is 13.5. The number of esters is 1. The molecule has 3 unspecified atom stereocenters. The number of rotatable bonds is 7. The van der Waals surface area contributed by atoms with Crippen LogP contribution in [-0.4, -0.2) is 18.7 Å². The number of benzene rings is 2. The van der Waals surface area contributed by atoms with E-state index in [9.17, 15) is 4.79 Å². The lowest BCUT2D eigenvalue weighted by Gasteiger charge is -2.37. The molecule has 2 fully saturated rings. The second-order valence-corrected chi connectivity index (χ2v) is 13.5. The molecule has 4 rings (SSSR count). The molecule has 2 aromatic rings. The van der Waals surface area contributed by atoms with Gasteiger partial charge in [0.15, 0.2) is 0 Å². The van der Waals surface area contributed by atoms with Gasteiger partial charge in [0, 0.05) is 0 Å². The summed E-state index contributed by atoms with van der Waals surface area (Å²) in [4.78, 5) is 12.5. The van der Waals surface area contributed by atoms with Crippen LogP contribution in [0.2, 0.25) is 0 Å². The Labute approximate surface area is 225 Å². The van der Waals surface area contributed by atoms with Gasteiger partial charge in [-0.3, -0.25) is 4.79 Å². The normalized spacial score (nSPS) is 27.9. The van der Waals surface area contributed by atoms with Crippen LogP contribution in [0.5, 0.6) is 5.75 Å². The van der Waals surface area contributed by atoms with Gasteiger partial charge in [0.05, 0.1) is 18.1 Å². The summed E-state index contributed by atoms with van der Waals surface area (Å²) in [5.74, 6) is 3.09. The van der Waals surface area contributed by atoms with Crippen molar-refractivity contribution in [3.05, 3.63) is 42.0 Å². The average molecular weight is 507 g/mol. The second kappa shape index (κ2) is 11.8. The zero-order chi connectivity index (χ0) is 26.6. The van der Waals surface area contributed by atoms with Crippen molar-refractivity contribution in [1.29, 1.82) is 0 Å². The van der Waals surface area contributed by atoms with Crippen molar-refractivity contribution in [1.82, 2.24) is 0 Å². The smallest absolute Gasteiger partial charge is 0.311 e. The number of fused-ring (bicyclic) bond motifs is 1. The number of carbonyl (C=O) groups is 1. The molecule has 0 N–H and O–H groups in total. The summed E-state index contributed by atoms with van der Waals surface area (Å²) in [5, 5.41) is 2.56. The molecule has 2 aliphatic rings. The van der Waals surface area contributed by atoms with Crippen molar-refractivity contribution in [2.45, 2.75) is 112 Å². The van der Waals surface area contributed by atoms with Crippen LogP contribution in [0.4, 0.5) is 0 Å². The first-order valence-corrected chi connectivity index (χ1v) is 14.9. The summed E-state index contributed by atoms with van der Waals surface area (Å²) < 4.78 is 11.8. The fourth-order valence-electron chi connectivity index (χ4n) is 6.86. The lowest BCUT2D eigenvalue weighted by atomic mass is 9.72. The number of hydrogen-bond donors (Lipinski definition) is 0. The molecular weight excluding hydrogens is 456 g/mol. The third kappa shape index (κ3) is 7.09. The molecule has 204 valence electrons. The Hall–Kier alpha value is -2.03. The fourth-order valence-corrected chi connectivity index (χ4v) is 6.86. The highest BCUT2D eigenvalue weighted by Gasteiger charge is 2.37. The van der Waals surface area contributed by atoms with Gasteiger partial charge >= 0.3 is 5.97 Å². The lowest BCUT2D eigenvalue weighted by molar-refractivity contribution is -0.155. The highest BCUT2D eigenvalue weighted by atomic mass is 16.5. The highest BCUT2D eigenvalue weighted by Crippen LogP contribution is 2.41. The van der Waals surface area contributed by atoms with Crippen molar-refractivity contribution < 1.29 is 14.3 Å². The minimum atomic E-state index is -0.306. The standard InChI is InChI=1S/C34H50O3/c1-7-36-32(35)34(6)19-8-9-26(18-20-34)24(2)21-25-10-11-28-23-31(15-12-27(28)22-25)37-30-16-13-29(14-17-30)33(3,4)5/h10-12,15,22-24,26,29-30H,7-9,13-14,16-21H2,1-6H3. The van der Waals surface area contributed by atoms with Gasteiger partial charge in [-0.1, -0.05) is 64.8 Å². The Kier molecular flexibility index (Phi) is 8.92.